The summed E-state index contributed by atoms with van der Waals surface area (Å²) < 4.78 is 42.2. The zero-order chi connectivity index (χ0) is 36.0. The minimum absolute atomic E-state index is 0.0517. The number of anilines is 2. The van der Waals surface area contributed by atoms with Gasteiger partial charge < -0.3 is 35.6 Å². The lowest BCUT2D eigenvalue weighted by Gasteiger charge is -2.45. The van der Waals surface area contributed by atoms with Crippen molar-refractivity contribution in [1.82, 2.24) is 29.8 Å². The largest absolute Gasteiger partial charge is 0.418 e. The van der Waals surface area contributed by atoms with Crippen molar-refractivity contribution in [1.29, 1.82) is 0 Å². The van der Waals surface area contributed by atoms with Crippen LogP contribution in [0.4, 0.5) is 34.1 Å². The summed E-state index contributed by atoms with van der Waals surface area (Å²) in [4.78, 5) is 50.9. The number of halogens is 4. The highest BCUT2D eigenvalue weighted by Crippen LogP contribution is 2.40. The van der Waals surface area contributed by atoms with Gasteiger partial charge in [0.25, 0.3) is 0 Å². The third-order valence-electron chi connectivity index (χ3n) is 11.7. The molecule has 4 saturated heterocycles. The number of urea groups is 2. The molecule has 5 amide bonds. The summed E-state index contributed by atoms with van der Waals surface area (Å²) in [7, 11) is 3.59. The highest BCUT2D eigenvalue weighted by molar-refractivity contribution is 7.08. The monoisotopic (exact) mass is 750 g/mol. The summed E-state index contributed by atoms with van der Waals surface area (Å²) in [5.41, 5.74) is 0.945. The Morgan fingerprint density at radius 2 is 1.65 bits per heavy atom. The van der Waals surface area contributed by atoms with Gasteiger partial charge in [0.1, 0.15) is 6.04 Å². The zero-order valence-electron chi connectivity index (χ0n) is 29.0. The number of piperidine rings is 2. The van der Waals surface area contributed by atoms with E-state index in [1.165, 1.54) is 37.3 Å². The normalized spacial score (nSPS) is 25.4. The first-order chi connectivity index (χ1) is 24.4. The van der Waals surface area contributed by atoms with Crippen molar-refractivity contribution in [3.63, 3.8) is 0 Å². The molecule has 3 atom stereocenters. The molecule has 5 aliphatic heterocycles. The predicted octanol–water partition coefficient (Wildman–Crippen LogP) is 5.36. The summed E-state index contributed by atoms with van der Waals surface area (Å²) in [5.74, 6) is -0.319. The molecule has 3 N–H and O–H groups in total. The van der Waals surface area contributed by atoms with Gasteiger partial charge in [0.05, 0.1) is 28.5 Å². The van der Waals surface area contributed by atoms with Gasteiger partial charge in [-0.15, -0.1) is 11.3 Å². The highest BCUT2D eigenvalue weighted by atomic mass is 35.5. The minimum Gasteiger partial charge on any atom is -0.386 e. The summed E-state index contributed by atoms with van der Waals surface area (Å²) >= 11 is 7.86. The number of carbonyl (C=O) groups excluding carboxylic acids is 3. The van der Waals surface area contributed by atoms with Gasteiger partial charge in [-0.05, 0) is 68.6 Å². The van der Waals surface area contributed by atoms with E-state index in [-0.39, 0.29) is 40.7 Å². The van der Waals surface area contributed by atoms with Gasteiger partial charge in [0, 0.05) is 87.8 Å². The lowest BCUT2D eigenvalue weighted by molar-refractivity contribution is -0.137. The van der Waals surface area contributed by atoms with Crippen LogP contribution < -0.4 is 16.0 Å². The van der Waals surface area contributed by atoms with E-state index in [1.807, 2.05) is 15.7 Å². The van der Waals surface area contributed by atoms with E-state index >= 15 is 0 Å². The van der Waals surface area contributed by atoms with Gasteiger partial charge in [-0.1, -0.05) is 11.6 Å². The van der Waals surface area contributed by atoms with Crippen LogP contribution in [0.3, 0.4) is 0 Å². The van der Waals surface area contributed by atoms with Crippen molar-refractivity contribution in [2.45, 2.75) is 87.9 Å². The van der Waals surface area contributed by atoms with Crippen molar-refractivity contribution < 1.29 is 27.6 Å². The molecule has 16 heteroatoms. The number of likely N-dealkylation sites (tertiary alicyclic amines) is 1. The lowest BCUT2D eigenvalue weighted by Crippen LogP contribution is -2.60. The molecule has 0 spiro atoms. The lowest BCUT2D eigenvalue weighted by atomic mass is 9.95. The second-order valence-electron chi connectivity index (χ2n) is 14.6. The molecule has 6 heterocycles. The van der Waals surface area contributed by atoms with Crippen molar-refractivity contribution in [2.24, 2.45) is 0 Å². The van der Waals surface area contributed by atoms with Crippen molar-refractivity contribution in [3.8, 4) is 0 Å². The molecule has 4 fully saturated rings. The van der Waals surface area contributed by atoms with Crippen molar-refractivity contribution in [3.05, 3.63) is 44.6 Å². The Morgan fingerprint density at radius 1 is 0.961 bits per heavy atom. The van der Waals surface area contributed by atoms with Crippen LogP contribution in [-0.2, 0) is 23.9 Å². The number of carbonyl (C=O) groups is 3. The molecule has 2 aromatic rings. The van der Waals surface area contributed by atoms with E-state index in [0.29, 0.717) is 76.8 Å². The van der Waals surface area contributed by atoms with Crippen molar-refractivity contribution in [2.75, 3.05) is 64.0 Å². The second-order valence-corrected chi connectivity index (χ2v) is 15.7. The van der Waals surface area contributed by atoms with E-state index in [1.54, 1.807) is 9.80 Å². The number of thiophene rings is 1. The quantitative estimate of drug-likeness (QED) is 0.352. The number of hydrogen-bond acceptors (Lipinski definition) is 7. The smallest absolute Gasteiger partial charge is 0.386 e. The molecule has 1 aromatic carbocycles. The maximum Gasteiger partial charge on any atom is 0.418 e. The molecule has 1 aromatic heterocycles. The Kier molecular flexibility index (Phi) is 10.4. The molecule has 11 nitrogen and oxygen atoms in total. The van der Waals surface area contributed by atoms with E-state index < -0.39 is 23.8 Å². The number of alkyl halides is 3. The molecule has 5 aliphatic rings. The Morgan fingerprint density at radius 3 is 2.29 bits per heavy atom. The molecule has 278 valence electrons. The Hall–Kier alpha value is -3.27. The van der Waals surface area contributed by atoms with Gasteiger partial charge >= 0.3 is 18.2 Å². The molecule has 2 unspecified atom stereocenters. The van der Waals surface area contributed by atoms with Crippen LogP contribution in [0.25, 0.3) is 0 Å². The molecule has 0 aliphatic carbocycles. The van der Waals surface area contributed by atoms with Gasteiger partial charge in [-0.3, -0.25) is 9.69 Å². The fourth-order valence-corrected chi connectivity index (χ4v) is 9.93. The predicted molar refractivity (Wildman–Crippen MR) is 191 cm³/mol. The fourth-order valence-electron chi connectivity index (χ4n) is 8.82. The van der Waals surface area contributed by atoms with Crippen LogP contribution in [0.1, 0.15) is 55.2 Å². The zero-order valence-corrected chi connectivity index (χ0v) is 30.5. The van der Waals surface area contributed by atoms with Crippen molar-refractivity contribution >= 4 is 52.3 Å². The average molecular weight is 751 g/mol. The first kappa shape index (κ1) is 36.1. The van der Waals surface area contributed by atoms with E-state index in [0.717, 1.165) is 30.2 Å². The van der Waals surface area contributed by atoms with Crippen LogP contribution in [0.15, 0.2) is 22.9 Å². The van der Waals surface area contributed by atoms with E-state index in [4.69, 9.17) is 11.6 Å². The second kappa shape index (κ2) is 14.6. The molecule has 0 radical (unpaired) electrons. The van der Waals surface area contributed by atoms with Crippen LogP contribution >= 0.6 is 22.9 Å². The van der Waals surface area contributed by atoms with Crippen LogP contribution in [-0.4, -0.2) is 126 Å². The average Bonchev–Trinajstić information content (AvgIpc) is 3.63. The van der Waals surface area contributed by atoms with E-state index in [9.17, 15) is 27.6 Å². The number of nitrogens with one attached hydrogen (secondary N) is 3. The van der Waals surface area contributed by atoms with Gasteiger partial charge in [-0.25, -0.2) is 9.59 Å². The third kappa shape index (κ3) is 7.49. The SMILES string of the molecule is CNc1c(Cl)cc(C[C@@H](NC(=O)N2CCC(N3Cc4cscc4NC3=O)CC2)C(=O)N2CCN(C3CC4CCC(C3)N4C)CC2)cc1C(F)(F)F. The van der Waals surface area contributed by atoms with Gasteiger partial charge in [-0.2, -0.15) is 13.2 Å². The highest BCUT2D eigenvalue weighted by Gasteiger charge is 2.42. The number of hydrogen-bond donors (Lipinski definition) is 3. The molecule has 0 saturated carbocycles. The molecule has 2 bridgehead atoms. The standard InChI is InChI=1S/C35H46ClF3N8O3S/c1-40-31-27(35(37,38)39)13-21(14-28(31)36)15-29(32(48)45-11-9-44(10-12-45)26-16-24-3-4-25(17-26)43(24)2)41-33(49)46-7-5-23(6-8-46)47-18-22-19-51-20-30(22)42-34(47)50/h13-14,19-20,23-26,29,40H,3-12,15-18H2,1-2H3,(H,41,49)(H,42,50)/t24?,25?,26?,29-/m1/s1. The van der Waals surface area contributed by atoms with E-state index in [2.05, 4.69) is 32.8 Å². The molecular formula is C35H46ClF3N8O3S. The van der Waals surface area contributed by atoms with Crippen LogP contribution in [0.5, 0.6) is 0 Å². The third-order valence-corrected chi connectivity index (χ3v) is 12.8. The number of fused-ring (bicyclic) bond motifs is 3. The first-order valence-electron chi connectivity index (χ1n) is 17.9. The summed E-state index contributed by atoms with van der Waals surface area (Å²) in [6, 6.07) is 2.36. The van der Waals surface area contributed by atoms with Gasteiger partial charge in [0.2, 0.25) is 5.91 Å². The molecule has 51 heavy (non-hydrogen) atoms. The summed E-state index contributed by atoms with van der Waals surface area (Å²) in [6.45, 7) is 3.65. The molecular weight excluding hydrogens is 705 g/mol. The van der Waals surface area contributed by atoms with Gasteiger partial charge in [0.15, 0.2) is 0 Å². The number of amides is 5. The fraction of sp³-hybridized carbons (Fsp3) is 0.629. The van der Waals surface area contributed by atoms with Crippen LogP contribution in [0, 0.1) is 0 Å². The Balaban J connectivity index is 1.03. The Labute approximate surface area is 305 Å². The molecule has 7 rings (SSSR count). The topological polar surface area (TPSA) is 103 Å². The summed E-state index contributed by atoms with van der Waals surface area (Å²) in [5, 5.41) is 12.2. The number of nitrogens with zero attached hydrogens (tertiary/aromatic N) is 5. The maximum absolute atomic E-state index is 14.2. The first-order valence-corrected chi connectivity index (χ1v) is 19.2. The Bertz CT molecular complexity index is 1610. The van der Waals surface area contributed by atoms with Crippen LogP contribution in [0.2, 0.25) is 5.02 Å². The number of benzene rings is 1. The minimum atomic E-state index is -4.68. The maximum atomic E-state index is 14.2. The summed E-state index contributed by atoms with van der Waals surface area (Å²) in [6.07, 6.45) is 1.01. The number of piperazine rings is 1. The number of rotatable bonds is 7.